The monoisotopic (exact) mass is 402 g/mol. The normalized spacial score (nSPS) is 18.3. The molecule has 0 bridgehead atoms. The molecule has 29 heavy (non-hydrogen) atoms. The molecule has 1 amide bonds. The SMILES string of the molecule is COc1ccc(CCNC(=O)C(C)N2CCCC(c3nc(C)no3)C2)cc1OC. The summed E-state index contributed by atoms with van der Waals surface area (Å²) in [7, 11) is 3.23. The van der Waals surface area contributed by atoms with Gasteiger partial charge in [-0.15, -0.1) is 0 Å². The zero-order chi connectivity index (χ0) is 20.8. The van der Waals surface area contributed by atoms with E-state index in [-0.39, 0.29) is 17.9 Å². The first-order valence-corrected chi connectivity index (χ1v) is 10.0. The van der Waals surface area contributed by atoms with Gasteiger partial charge < -0.3 is 19.3 Å². The van der Waals surface area contributed by atoms with E-state index < -0.39 is 0 Å². The summed E-state index contributed by atoms with van der Waals surface area (Å²) in [5, 5.41) is 6.94. The molecule has 8 nitrogen and oxygen atoms in total. The predicted molar refractivity (Wildman–Crippen MR) is 108 cm³/mol. The molecule has 2 atom stereocenters. The van der Waals surface area contributed by atoms with Crippen LogP contribution in [0.5, 0.6) is 11.5 Å². The van der Waals surface area contributed by atoms with E-state index in [9.17, 15) is 4.79 Å². The number of piperidine rings is 1. The number of carbonyl (C=O) groups is 1. The van der Waals surface area contributed by atoms with Crippen LogP contribution in [0.25, 0.3) is 0 Å². The van der Waals surface area contributed by atoms with Crippen LogP contribution < -0.4 is 14.8 Å². The molecule has 2 heterocycles. The minimum Gasteiger partial charge on any atom is -0.493 e. The molecule has 8 heteroatoms. The van der Waals surface area contributed by atoms with Crippen molar-refractivity contribution in [1.82, 2.24) is 20.4 Å². The van der Waals surface area contributed by atoms with Crippen molar-refractivity contribution in [2.24, 2.45) is 0 Å². The third-order valence-electron chi connectivity index (χ3n) is 5.43. The van der Waals surface area contributed by atoms with Crippen molar-refractivity contribution in [3.63, 3.8) is 0 Å². The van der Waals surface area contributed by atoms with Crippen LogP contribution in [-0.4, -0.2) is 60.8 Å². The lowest BCUT2D eigenvalue weighted by molar-refractivity contribution is -0.126. The van der Waals surface area contributed by atoms with Crippen molar-refractivity contribution < 1.29 is 18.8 Å². The lowest BCUT2D eigenvalue weighted by Gasteiger charge is -2.34. The Hall–Kier alpha value is -2.61. The second-order valence-corrected chi connectivity index (χ2v) is 7.42. The number of methoxy groups -OCH3 is 2. The maximum Gasteiger partial charge on any atom is 0.237 e. The highest BCUT2D eigenvalue weighted by molar-refractivity contribution is 5.81. The molecule has 3 rings (SSSR count). The largest absolute Gasteiger partial charge is 0.493 e. The Kier molecular flexibility index (Phi) is 7.09. The minimum atomic E-state index is -0.202. The Morgan fingerprint density at radius 1 is 1.34 bits per heavy atom. The van der Waals surface area contributed by atoms with E-state index in [0.29, 0.717) is 29.8 Å². The van der Waals surface area contributed by atoms with Gasteiger partial charge in [0.25, 0.3) is 0 Å². The molecule has 2 unspecified atom stereocenters. The zero-order valence-corrected chi connectivity index (χ0v) is 17.6. The fraction of sp³-hybridized carbons (Fsp3) is 0.571. The first-order valence-electron chi connectivity index (χ1n) is 10.0. The summed E-state index contributed by atoms with van der Waals surface area (Å²) in [4.78, 5) is 19.2. The fourth-order valence-electron chi connectivity index (χ4n) is 3.72. The number of aryl methyl sites for hydroxylation is 1. The lowest BCUT2D eigenvalue weighted by Crippen LogP contribution is -2.49. The topological polar surface area (TPSA) is 89.7 Å². The van der Waals surface area contributed by atoms with E-state index in [1.807, 2.05) is 32.0 Å². The highest BCUT2D eigenvalue weighted by atomic mass is 16.5. The van der Waals surface area contributed by atoms with Crippen LogP contribution in [-0.2, 0) is 11.2 Å². The number of carbonyl (C=O) groups excluding carboxylic acids is 1. The van der Waals surface area contributed by atoms with Crippen molar-refractivity contribution in [2.45, 2.75) is 45.1 Å². The molecule has 0 aliphatic carbocycles. The van der Waals surface area contributed by atoms with Gasteiger partial charge in [-0.2, -0.15) is 4.98 Å². The Balaban J connectivity index is 1.50. The molecule has 0 spiro atoms. The molecule has 0 radical (unpaired) electrons. The van der Waals surface area contributed by atoms with Gasteiger partial charge in [-0.25, -0.2) is 0 Å². The average Bonchev–Trinajstić information content (AvgIpc) is 3.19. The molecule has 158 valence electrons. The summed E-state index contributed by atoms with van der Waals surface area (Å²) in [5.41, 5.74) is 1.08. The van der Waals surface area contributed by atoms with Crippen LogP contribution in [0.15, 0.2) is 22.7 Å². The van der Waals surface area contributed by atoms with Gasteiger partial charge in [0.05, 0.1) is 26.2 Å². The Morgan fingerprint density at radius 2 is 2.14 bits per heavy atom. The molecule has 1 aromatic carbocycles. The fourth-order valence-corrected chi connectivity index (χ4v) is 3.72. The maximum atomic E-state index is 12.7. The number of nitrogens with zero attached hydrogens (tertiary/aromatic N) is 3. The lowest BCUT2D eigenvalue weighted by atomic mass is 9.96. The number of rotatable bonds is 8. The van der Waals surface area contributed by atoms with E-state index in [4.69, 9.17) is 14.0 Å². The first-order chi connectivity index (χ1) is 14.0. The van der Waals surface area contributed by atoms with Crippen LogP contribution in [0.4, 0.5) is 0 Å². The van der Waals surface area contributed by atoms with E-state index in [1.54, 1.807) is 14.2 Å². The van der Waals surface area contributed by atoms with Gasteiger partial charge in [0.1, 0.15) is 0 Å². The van der Waals surface area contributed by atoms with Crippen molar-refractivity contribution >= 4 is 5.91 Å². The number of likely N-dealkylation sites (tertiary alicyclic amines) is 1. The minimum absolute atomic E-state index is 0.0350. The Labute approximate surface area is 171 Å². The van der Waals surface area contributed by atoms with Gasteiger partial charge in [0.2, 0.25) is 11.8 Å². The number of amides is 1. The van der Waals surface area contributed by atoms with Crippen molar-refractivity contribution in [3.05, 3.63) is 35.5 Å². The molecular weight excluding hydrogens is 372 g/mol. The molecular formula is C21H30N4O4. The van der Waals surface area contributed by atoms with Gasteiger partial charge in [-0.3, -0.25) is 9.69 Å². The van der Waals surface area contributed by atoms with E-state index >= 15 is 0 Å². The first kappa shape index (κ1) is 21.1. The zero-order valence-electron chi connectivity index (χ0n) is 17.6. The third-order valence-corrected chi connectivity index (χ3v) is 5.43. The number of hydrogen-bond acceptors (Lipinski definition) is 7. The standard InChI is InChI=1S/C21H30N4O4/c1-14(25-11-5-6-17(13-25)21-23-15(2)24-29-21)20(26)22-10-9-16-7-8-18(27-3)19(12-16)28-4/h7-8,12,14,17H,5-6,9-11,13H2,1-4H3,(H,22,26). The third kappa shape index (κ3) is 5.26. The second-order valence-electron chi connectivity index (χ2n) is 7.42. The maximum absolute atomic E-state index is 12.7. The molecule has 0 saturated carbocycles. The van der Waals surface area contributed by atoms with Gasteiger partial charge in [-0.05, 0) is 57.4 Å². The van der Waals surface area contributed by atoms with Gasteiger partial charge in [0.15, 0.2) is 17.3 Å². The van der Waals surface area contributed by atoms with Crippen molar-refractivity contribution in [3.8, 4) is 11.5 Å². The Morgan fingerprint density at radius 3 is 2.83 bits per heavy atom. The van der Waals surface area contributed by atoms with Crippen LogP contribution in [0, 0.1) is 6.92 Å². The molecule has 1 aromatic heterocycles. The van der Waals surface area contributed by atoms with Crippen LogP contribution >= 0.6 is 0 Å². The van der Waals surface area contributed by atoms with Gasteiger partial charge in [0, 0.05) is 13.1 Å². The van der Waals surface area contributed by atoms with Crippen LogP contribution in [0.3, 0.4) is 0 Å². The average molecular weight is 402 g/mol. The summed E-state index contributed by atoms with van der Waals surface area (Å²) in [5.74, 6) is 2.94. The van der Waals surface area contributed by atoms with Gasteiger partial charge in [-0.1, -0.05) is 11.2 Å². The number of hydrogen-bond donors (Lipinski definition) is 1. The predicted octanol–water partition coefficient (Wildman–Crippen LogP) is 2.32. The summed E-state index contributed by atoms with van der Waals surface area (Å²) < 4.78 is 15.9. The Bertz CT molecular complexity index is 823. The molecule has 1 aliphatic heterocycles. The van der Waals surface area contributed by atoms with Crippen LogP contribution in [0.2, 0.25) is 0 Å². The molecule has 1 fully saturated rings. The van der Waals surface area contributed by atoms with Gasteiger partial charge >= 0.3 is 0 Å². The van der Waals surface area contributed by atoms with Crippen molar-refractivity contribution in [1.29, 1.82) is 0 Å². The number of nitrogens with one attached hydrogen (secondary N) is 1. The number of benzene rings is 1. The van der Waals surface area contributed by atoms with Crippen molar-refractivity contribution in [2.75, 3.05) is 33.9 Å². The molecule has 2 aromatic rings. The number of aromatic nitrogens is 2. The smallest absolute Gasteiger partial charge is 0.237 e. The molecule has 1 aliphatic rings. The number of ether oxygens (including phenoxy) is 2. The second kappa shape index (κ2) is 9.73. The summed E-state index contributed by atoms with van der Waals surface area (Å²) >= 11 is 0. The van der Waals surface area contributed by atoms with E-state index in [0.717, 1.165) is 37.9 Å². The highest BCUT2D eigenvalue weighted by Crippen LogP contribution is 2.28. The molecule has 1 saturated heterocycles. The summed E-state index contributed by atoms with van der Waals surface area (Å²) in [6, 6.07) is 5.60. The van der Waals surface area contributed by atoms with E-state index in [2.05, 4.69) is 20.4 Å². The highest BCUT2D eigenvalue weighted by Gasteiger charge is 2.30. The summed E-state index contributed by atoms with van der Waals surface area (Å²) in [6.07, 6.45) is 2.74. The van der Waals surface area contributed by atoms with Crippen LogP contribution in [0.1, 0.15) is 43.0 Å². The quantitative estimate of drug-likeness (QED) is 0.725. The molecule has 1 N–H and O–H groups in total. The van der Waals surface area contributed by atoms with E-state index in [1.165, 1.54) is 0 Å². The summed E-state index contributed by atoms with van der Waals surface area (Å²) in [6.45, 7) is 5.99.